The summed E-state index contributed by atoms with van der Waals surface area (Å²) in [4.78, 5) is 18.8. The van der Waals surface area contributed by atoms with Gasteiger partial charge >= 0.3 is 0 Å². The van der Waals surface area contributed by atoms with Gasteiger partial charge in [-0.05, 0) is 160 Å². The van der Waals surface area contributed by atoms with E-state index in [0.717, 1.165) is 106 Å². The molecule has 3 aromatic heterocycles. The van der Waals surface area contributed by atoms with Gasteiger partial charge in [0, 0.05) is 50.4 Å². The summed E-state index contributed by atoms with van der Waals surface area (Å²) in [5.41, 5.74) is 17.9. The van der Waals surface area contributed by atoms with Crippen LogP contribution >= 0.6 is 0 Å². The van der Waals surface area contributed by atoms with E-state index >= 15 is 0 Å². The van der Waals surface area contributed by atoms with Crippen molar-refractivity contribution < 1.29 is 9.47 Å². The number of hydrogen-bond acceptors (Lipinski definition) is 4. The molecule has 4 aromatic rings. The van der Waals surface area contributed by atoms with Crippen molar-refractivity contribution in [3.05, 3.63) is 100 Å². The summed E-state index contributed by atoms with van der Waals surface area (Å²) in [6.07, 6.45) is 29.8. The van der Waals surface area contributed by atoms with E-state index in [9.17, 15) is 0 Å². The molecule has 1 aromatic carbocycles. The summed E-state index contributed by atoms with van der Waals surface area (Å²) < 4.78 is 11.5. The maximum Gasteiger partial charge on any atom is 0.123 e. The topological polar surface area (TPSA) is 75.8 Å². The second-order valence-electron chi connectivity index (χ2n) is 14.5. The van der Waals surface area contributed by atoms with Crippen LogP contribution in [0.25, 0.3) is 74.2 Å². The lowest BCUT2D eigenvalue weighted by Crippen LogP contribution is -1.98. The summed E-state index contributed by atoms with van der Waals surface area (Å²) >= 11 is 0. The molecule has 0 saturated heterocycles. The van der Waals surface area contributed by atoms with Gasteiger partial charge in [0.2, 0.25) is 0 Å². The minimum absolute atomic E-state index is 0.736. The Kier molecular flexibility index (Phi) is 8.75. The Morgan fingerprint density at radius 3 is 1.17 bits per heavy atom. The molecule has 2 N–H and O–H groups in total. The molecule has 0 fully saturated rings. The standard InChI is InChI=1S/C46H46N4O2/c1-51-33-26-32(27-34(28-33)52-2)46-41-24-22-39(49-41)44(30-14-8-4-9-15-30)37-20-18-35(47-37)43(29-12-6-3-7-13-29)36-19-21-38(48-36)45(31-16-10-5-11-17-31)40-23-25-42(46)50-40/h12,14,16,18-28,47,50H,3-11,13,15,17H2,1-2H3. The third-order valence-electron chi connectivity index (χ3n) is 11.2. The highest BCUT2D eigenvalue weighted by Gasteiger charge is 2.22. The van der Waals surface area contributed by atoms with Gasteiger partial charge in [-0.1, -0.05) is 18.2 Å². The molecule has 6 nitrogen and oxygen atoms in total. The van der Waals surface area contributed by atoms with Crippen LogP contribution in [0.5, 0.6) is 11.5 Å². The molecule has 6 heteroatoms. The highest BCUT2D eigenvalue weighted by molar-refractivity contribution is 5.97. The van der Waals surface area contributed by atoms with Crippen molar-refractivity contribution in [3.63, 3.8) is 0 Å². The van der Waals surface area contributed by atoms with Gasteiger partial charge in [0.05, 0.1) is 37.0 Å². The SMILES string of the molecule is COc1cc(OC)cc(-c2c3nc(c(C4=CCCCC4)c4ccc([nH]4)c(C4=CCCCC4)c4nc(c(C5=CCCCC5)c5ccc2[nH]5)C=C4)C=C3)c1. The summed E-state index contributed by atoms with van der Waals surface area (Å²) in [6, 6.07) is 15.0. The molecule has 262 valence electrons. The van der Waals surface area contributed by atoms with Crippen molar-refractivity contribution in [1.82, 2.24) is 19.9 Å². The van der Waals surface area contributed by atoms with Crippen molar-refractivity contribution in [2.75, 3.05) is 14.2 Å². The molecule has 0 spiro atoms. The molecule has 8 bridgehead atoms. The monoisotopic (exact) mass is 686 g/mol. The minimum atomic E-state index is 0.736. The quantitative estimate of drug-likeness (QED) is 0.183. The Morgan fingerprint density at radius 2 is 0.827 bits per heavy atom. The molecule has 5 heterocycles. The smallest absolute Gasteiger partial charge is 0.123 e. The highest BCUT2D eigenvalue weighted by atomic mass is 16.5. The predicted octanol–water partition coefficient (Wildman–Crippen LogP) is 12.2. The number of fused-ring (bicyclic) bond motifs is 8. The number of rotatable bonds is 6. The zero-order valence-corrected chi connectivity index (χ0v) is 30.3. The first-order chi connectivity index (χ1) is 25.7. The molecule has 2 aliphatic heterocycles. The largest absolute Gasteiger partial charge is 0.497 e. The third-order valence-corrected chi connectivity index (χ3v) is 11.2. The van der Waals surface area contributed by atoms with Crippen LogP contribution in [0.15, 0.2) is 60.7 Å². The van der Waals surface area contributed by atoms with Crippen molar-refractivity contribution >= 4 is 63.1 Å². The van der Waals surface area contributed by atoms with Gasteiger partial charge in [0.25, 0.3) is 0 Å². The lowest BCUT2D eigenvalue weighted by atomic mass is 9.92. The number of benzene rings is 1. The van der Waals surface area contributed by atoms with E-state index in [4.69, 9.17) is 19.4 Å². The molecule has 0 atom stereocenters. The number of methoxy groups -OCH3 is 2. The van der Waals surface area contributed by atoms with E-state index in [-0.39, 0.29) is 0 Å². The number of ether oxygens (including phenoxy) is 2. The number of nitrogens with zero attached hydrogens (tertiary/aromatic N) is 2. The molecule has 5 aliphatic rings. The van der Waals surface area contributed by atoms with Crippen LogP contribution in [0.2, 0.25) is 0 Å². The summed E-state index contributed by atoms with van der Waals surface area (Å²) in [5.74, 6) is 1.47. The molecule has 0 saturated carbocycles. The Hall–Kier alpha value is -5.36. The third kappa shape index (κ3) is 6.04. The first-order valence-corrected chi connectivity index (χ1v) is 19.1. The lowest BCUT2D eigenvalue weighted by molar-refractivity contribution is 0.394. The normalized spacial score (nSPS) is 17.1. The van der Waals surface area contributed by atoms with Gasteiger partial charge < -0.3 is 19.4 Å². The van der Waals surface area contributed by atoms with E-state index < -0.39 is 0 Å². The number of aromatic nitrogens is 4. The van der Waals surface area contributed by atoms with Crippen LogP contribution in [-0.2, 0) is 0 Å². The first-order valence-electron chi connectivity index (χ1n) is 19.1. The number of nitrogens with one attached hydrogen (secondary N) is 2. The van der Waals surface area contributed by atoms with E-state index in [2.05, 4.69) is 88.9 Å². The second-order valence-corrected chi connectivity index (χ2v) is 14.5. The fourth-order valence-corrected chi connectivity index (χ4v) is 8.67. The van der Waals surface area contributed by atoms with Crippen LogP contribution in [0.3, 0.4) is 0 Å². The van der Waals surface area contributed by atoms with Gasteiger partial charge in [-0.25, -0.2) is 9.97 Å². The molecule has 9 rings (SSSR count). The second kappa shape index (κ2) is 14.0. The molecule has 3 aliphatic carbocycles. The van der Waals surface area contributed by atoms with Gasteiger partial charge in [0.15, 0.2) is 0 Å². The Labute approximate surface area is 305 Å². The Balaban J connectivity index is 1.44. The molecular weight excluding hydrogens is 641 g/mol. The predicted molar refractivity (Wildman–Crippen MR) is 217 cm³/mol. The van der Waals surface area contributed by atoms with Crippen LogP contribution in [-0.4, -0.2) is 34.2 Å². The van der Waals surface area contributed by atoms with Crippen molar-refractivity contribution in [1.29, 1.82) is 0 Å². The van der Waals surface area contributed by atoms with Crippen molar-refractivity contribution in [2.45, 2.75) is 77.0 Å². The zero-order valence-electron chi connectivity index (χ0n) is 30.3. The lowest BCUT2D eigenvalue weighted by Gasteiger charge is -2.15. The van der Waals surface area contributed by atoms with Crippen LogP contribution < -0.4 is 9.47 Å². The Bertz CT molecular complexity index is 2350. The summed E-state index contributed by atoms with van der Waals surface area (Å²) in [7, 11) is 3.40. The van der Waals surface area contributed by atoms with Gasteiger partial charge in [-0.15, -0.1) is 0 Å². The first kappa shape index (κ1) is 32.5. The fourth-order valence-electron chi connectivity index (χ4n) is 8.67. The van der Waals surface area contributed by atoms with Gasteiger partial charge in [-0.2, -0.15) is 0 Å². The van der Waals surface area contributed by atoms with Crippen molar-refractivity contribution in [2.24, 2.45) is 0 Å². The molecule has 0 amide bonds. The fraction of sp³-hybridized carbons (Fsp3) is 0.304. The summed E-state index contributed by atoms with van der Waals surface area (Å²) in [6.45, 7) is 0. The number of hydrogen-bond donors (Lipinski definition) is 2. The number of allylic oxidation sites excluding steroid dienone is 6. The molecule has 0 radical (unpaired) electrons. The maximum atomic E-state index is 5.77. The summed E-state index contributed by atoms with van der Waals surface area (Å²) in [5, 5.41) is 0. The van der Waals surface area contributed by atoms with Crippen molar-refractivity contribution in [3.8, 4) is 22.6 Å². The Morgan fingerprint density at radius 1 is 0.462 bits per heavy atom. The van der Waals surface area contributed by atoms with E-state index in [1.807, 2.05) is 6.07 Å². The average Bonchev–Trinajstić information content (AvgIpc) is 4.04. The zero-order chi connectivity index (χ0) is 35.0. The molecule has 0 unspecified atom stereocenters. The highest BCUT2D eigenvalue weighted by Crippen LogP contribution is 2.41. The van der Waals surface area contributed by atoms with Crippen LogP contribution in [0, 0.1) is 0 Å². The molecular formula is C46H46N4O2. The van der Waals surface area contributed by atoms with E-state index in [1.165, 1.54) is 71.9 Å². The maximum absolute atomic E-state index is 5.77. The van der Waals surface area contributed by atoms with E-state index in [1.54, 1.807) is 14.2 Å². The number of H-pyrrole nitrogens is 2. The minimum Gasteiger partial charge on any atom is -0.497 e. The molecule has 52 heavy (non-hydrogen) atoms. The van der Waals surface area contributed by atoms with Gasteiger partial charge in [0.1, 0.15) is 11.5 Å². The van der Waals surface area contributed by atoms with E-state index in [0.29, 0.717) is 0 Å². The average molecular weight is 687 g/mol. The van der Waals surface area contributed by atoms with Crippen LogP contribution in [0.1, 0.15) is 117 Å². The van der Waals surface area contributed by atoms with Crippen LogP contribution in [0.4, 0.5) is 0 Å². The number of aromatic amines is 2. The van der Waals surface area contributed by atoms with Gasteiger partial charge in [-0.3, -0.25) is 0 Å².